The van der Waals surface area contributed by atoms with Crippen molar-refractivity contribution in [2.24, 2.45) is 5.10 Å². The number of rotatable bonds is 6. The number of hydrogen-bond acceptors (Lipinski definition) is 5. The second kappa shape index (κ2) is 13.6. The Kier molecular flexibility index (Phi) is 9.67. The molecule has 6 aromatic rings. The normalized spacial score (nSPS) is 12.7. The minimum Gasteiger partial charge on any atom is -0.514 e. The van der Waals surface area contributed by atoms with Crippen LogP contribution in [-0.2, 0) is 20.1 Å². The van der Waals surface area contributed by atoms with Crippen LogP contribution < -0.4 is 5.01 Å². The van der Waals surface area contributed by atoms with Crippen LogP contribution in [0, 0.1) is 18.8 Å². The van der Waals surface area contributed by atoms with Crippen LogP contribution in [-0.4, -0.2) is 27.3 Å². The summed E-state index contributed by atoms with van der Waals surface area (Å²) in [6, 6.07) is 33.1. The van der Waals surface area contributed by atoms with Gasteiger partial charge in [-0.15, -0.1) is 42.6 Å². The first kappa shape index (κ1) is 31.2. The third kappa shape index (κ3) is 6.08. The molecular formula is C37H36IrN5O. The van der Waals surface area contributed by atoms with Gasteiger partial charge in [0.25, 0.3) is 0 Å². The quantitative estimate of drug-likeness (QED) is 0.159. The molecule has 44 heavy (non-hydrogen) atoms. The molecule has 0 spiro atoms. The number of anilines is 1. The van der Waals surface area contributed by atoms with Crippen molar-refractivity contribution in [1.82, 2.24) is 14.5 Å². The molecule has 0 unspecified atom stereocenters. The summed E-state index contributed by atoms with van der Waals surface area (Å²) in [6.07, 6.45) is 5.73. The summed E-state index contributed by atoms with van der Waals surface area (Å²) in [4.78, 5) is 6.60. The Morgan fingerprint density at radius 3 is 2.27 bits per heavy atom. The molecule has 224 valence electrons. The molecule has 0 fully saturated rings. The molecule has 0 radical (unpaired) electrons. The largest absolute Gasteiger partial charge is 3.00 e. The Labute approximate surface area is 273 Å². The van der Waals surface area contributed by atoms with E-state index in [0.29, 0.717) is 11.8 Å². The number of hydrazone groups is 1. The molecule has 3 heterocycles. The number of imidazole rings is 1. The Morgan fingerprint density at radius 2 is 1.59 bits per heavy atom. The van der Waals surface area contributed by atoms with Gasteiger partial charge >= 0.3 is 20.1 Å². The van der Waals surface area contributed by atoms with Crippen LogP contribution in [0.5, 0.6) is 0 Å². The molecule has 0 saturated heterocycles. The molecule has 0 aliphatic carbocycles. The fourth-order valence-electron chi connectivity index (χ4n) is 5.45. The fourth-order valence-corrected chi connectivity index (χ4v) is 5.45. The summed E-state index contributed by atoms with van der Waals surface area (Å²) in [6.45, 7) is 13.9. The third-order valence-electron chi connectivity index (χ3n) is 7.67. The van der Waals surface area contributed by atoms with Gasteiger partial charge in [0.1, 0.15) is 5.58 Å². The van der Waals surface area contributed by atoms with Crippen LogP contribution in [0.2, 0.25) is 0 Å². The van der Waals surface area contributed by atoms with Crippen molar-refractivity contribution in [1.29, 1.82) is 0 Å². The van der Waals surface area contributed by atoms with Gasteiger partial charge in [-0.2, -0.15) is 23.3 Å². The van der Waals surface area contributed by atoms with Crippen LogP contribution in [0.4, 0.5) is 5.69 Å². The summed E-state index contributed by atoms with van der Waals surface area (Å²) in [7, 11) is 0. The number of aromatic nitrogens is 2. The molecule has 7 heteroatoms. The van der Waals surface area contributed by atoms with Gasteiger partial charge < -0.3 is 18.9 Å². The van der Waals surface area contributed by atoms with E-state index in [0.717, 1.165) is 45.6 Å². The predicted octanol–water partition coefficient (Wildman–Crippen LogP) is 9.17. The first-order chi connectivity index (χ1) is 21.0. The minimum atomic E-state index is 0. The van der Waals surface area contributed by atoms with Gasteiger partial charge in [-0.3, -0.25) is 4.98 Å². The van der Waals surface area contributed by atoms with Gasteiger partial charge in [0.15, 0.2) is 0 Å². The van der Waals surface area contributed by atoms with Gasteiger partial charge in [-0.05, 0) is 48.2 Å². The molecule has 6 nitrogen and oxygen atoms in total. The van der Waals surface area contributed by atoms with Crippen LogP contribution in [0.3, 0.4) is 0 Å². The van der Waals surface area contributed by atoms with E-state index in [1.54, 1.807) is 11.3 Å². The van der Waals surface area contributed by atoms with Crippen molar-refractivity contribution in [2.75, 3.05) is 11.6 Å². The second-order valence-electron chi connectivity index (χ2n) is 11.2. The zero-order chi connectivity index (χ0) is 29.9. The smallest absolute Gasteiger partial charge is 0.514 e. The van der Waals surface area contributed by atoms with Gasteiger partial charge in [-0.1, -0.05) is 69.5 Å². The van der Waals surface area contributed by atoms with Gasteiger partial charge in [-0.25, -0.2) is 0 Å². The monoisotopic (exact) mass is 759 g/mol. The Bertz CT molecular complexity index is 1850. The molecular weight excluding hydrogens is 723 g/mol. The first-order valence-electron chi connectivity index (χ1n) is 14.9. The summed E-state index contributed by atoms with van der Waals surface area (Å²) in [5.41, 5.74) is 7.54. The Hall–Kier alpha value is -4.19. The average molecular weight is 759 g/mol. The third-order valence-corrected chi connectivity index (χ3v) is 7.67. The molecule has 0 atom stereocenters. The van der Waals surface area contributed by atoms with Gasteiger partial charge in [0, 0.05) is 29.1 Å². The maximum absolute atomic E-state index is 5.98. The van der Waals surface area contributed by atoms with E-state index < -0.39 is 0 Å². The number of nitrogens with zero attached hydrogens (tertiary/aromatic N) is 5. The van der Waals surface area contributed by atoms with E-state index in [4.69, 9.17) is 4.42 Å². The number of benzene rings is 4. The van der Waals surface area contributed by atoms with Crippen molar-refractivity contribution in [3.05, 3.63) is 121 Å². The van der Waals surface area contributed by atoms with Crippen LogP contribution in [0.15, 0.2) is 101 Å². The predicted molar refractivity (Wildman–Crippen MR) is 176 cm³/mol. The van der Waals surface area contributed by atoms with Crippen molar-refractivity contribution >= 4 is 34.0 Å². The van der Waals surface area contributed by atoms with Crippen molar-refractivity contribution < 1.29 is 24.5 Å². The van der Waals surface area contributed by atoms with E-state index in [1.807, 2.05) is 66.3 Å². The maximum atomic E-state index is 5.98. The van der Waals surface area contributed by atoms with E-state index in [-0.39, 0.29) is 20.1 Å². The topological polar surface area (TPSA) is 49.8 Å². The SMILES string of the molecule is CC(C)c1cccc(C(C)C)c1-n1ccnc1-c1[c-]cccc1.CCN1C=NN(c2[c-]ccc3c2oc2ccccc23)[CH-]1.[Ir+3]. The van der Waals surface area contributed by atoms with Crippen molar-refractivity contribution in [3.63, 3.8) is 0 Å². The van der Waals surface area contributed by atoms with Crippen molar-refractivity contribution in [2.45, 2.75) is 46.5 Å². The molecule has 4 aromatic carbocycles. The van der Waals surface area contributed by atoms with Crippen LogP contribution >= 0.6 is 0 Å². The van der Waals surface area contributed by atoms with E-state index in [1.165, 1.54) is 16.8 Å². The Morgan fingerprint density at radius 1 is 0.841 bits per heavy atom. The summed E-state index contributed by atoms with van der Waals surface area (Å²) < 4.78 is 8.20. The average Bonchev–Trinajstić information content (AvgIpc) is 3.80. The molecule has 0 bridgehead atoms. The number of fused-ring (bicyclic) bond motifs is 3. The Balaban J connectivity index is 0.000000172. The van der Waals surface area contributed by atoms with Crippen LogP contribution in [0.25, 0.3) is 39.0 Å². The molecule has 2 aromatic heterocycles. The molecule has 0 N–H and O–H groups in total. The van der Waals surface area contributed by atoms with E-state index in [2.05, 4.69) is 97.9 Å². The minimum absolute atomic E-state index is 0. The van der Waals surface area contributed by atoms with Gasteiger partial charge in [0.2, 0.25) is 0 Å². The summed E-state index contributed by atoms with van der Waals surface area (Å²) in [5, 5.41) is 8.38. The zero-order valence-corrected chi connectivity index (χ0v) is 28.0. The number of hydrogen-bond donors (Lipinski definition) is 0. The van der Waals surface area contributed by atoms with E-state index >= 15 is 0 Å². The summed E-state index contributed by atoms with van der Waals surface area (Å²) >= 11 is 0. The van der Waals surface area contributed by atoms with Crippen LogP contribution in [0.1, 0.15) is 57.6 Å². The zero-order valence-electron chi connectivity index (χ0n) is 25.7. The molecule has 0 amide bonds. The molecule has 7 rings (SSSR count). The second-order valence-corrected chi connectivity index (χ2v) is 11.2. The molecule has 1 aliphatic rings. The summed E-state index contributed by atoms with van der Waals surface area (Å²) in [5.74, 6) is 1.86. The number of para-hydroxylation sites is 2. The van der Waals surface area contributed by atoms with E-state index in [9.17, 15) is 0 Å². The standard InChI is InChI=1S/C21H23N2.C16H13N3O.Ir/c1-15(2)18-11-8-12-19(16(3)4)20(18)23-14-13-22-21(23)17-9-6-5-7-10-17;1-2-18-10-17-19(11-18)14-8-5-7-13-12-6-3-4-9-15(12)20-16(13)14;/h5-9,11-16H,1-4H3;3-7,9-11H,2H2,1H3;/q-1;-2;+3. The van der Waals surface area contributed by atoms with Gasteiger partial charge in [0.05, 0.1) is 12.2 Å². The first-order valence-corrected chi connectivity index (χ1v) is 14.9. The van der Waals surface area contributed by atoms with Crippen molar-refractivity contribution in [3.8, 4) is 17.1 Å². The maximum Gasteiger partial charge on any atom is 3.00 e. The molecule has 0 saturated carbocycles. The molecule has 1 aliphatic heterocycles. The fraction of sp³-hybridized carbons (Fsp3) is 0.216. The number of furan rings is 1.